The van der Waals surface area contributed by atoms with Crippen molar-refractivity contribution in [3.8, 4) is 0 Å². The highest BCUT2D eigenvalue weighted by atomic mass is 16.6. The molecule has 1 aromatic heterocycles. The molecule has 0 unspecified atom stereocenters. The maximum absolute atomic E-state index is 13.4. The highest BCUT2D eigenvalue weighted by Crippen LogP contribution is 2.24. The molecular formula is C27H33N3O6. The average Bonchev–Trinajstić information content (AvgIpc) is 2.81. The Hall–Kier alpha value is -3.72. The van der Waals surface area contributed by atoms with Crippen LogP contribution in [0.25, 0.3) is 10.9 Å². The van der Waals surface area contributed by atoms with Crippen LogP contribution in [-0.2, 0) is 20.9 Å². The summed E-state index contributed by atoms with van der Waals surface area (Å²) in [5.41, 5.74) is 5.96. The van der Waals surface area contributed by atoms with Crippen molar-refractivity contribution >= 4 is 29.0 Å². The van der Waals surface area contributed by atoms with Crippen molar-refractivity contribution in [2.75, 3.05) is 11.4 Å². The lowest BCUT2D eigenvalue weighted by atomic mass is 10.1. The third-order valence-electron chi connectivity index (χ3n) is 5.39. The smallest absolute Gasteiger partial charge is 0.419 e. The summed E-state index contributed by atoms with van der Waals surface area (Å²) in [6, 6.07) is 12.8. The van der Waals surface area contributed by atoms with Gasteiger partial charge in [0.25, 0.3) is 0 Å². The largest absolute Gasteiger partial charge is 0.458 e. The van der Waals surface area contributed by atoms with E-state index in [9.17, 15) is 14.4 Å². The summed E-state index contributed by atoms with van der Waals surface area (Å²) in [7, 11) is 0. The van der Waals surface area contributed by atoms with Crippen LogP contribution in [0.5, 0.6) is 0 Å². The molecule has 0 saturated carbocycles. The van der Waals surface area contributed by atoms with E-state index in [1.165, 1.54) is 0 Å². The number of anilines is 1. The number of rotatable bonds is 9. The zero-order valence-electron chi connectivity index (χ0n) is 21.2. The Kier molecular flexibility index (Phi) is 8.82. The molecule has 0 aliphatic rings. The van der Waals surface area contributed by atoms with Gasteiger partial charge >= 0.3 is 23.7 Å². The molecule has 0 bridgehead atoms. The molecule has 9 nitrogen and oxygen atoms in total. The topological polar surface area (TPSA) is 125 Å². The highest BCUT2D eigenvalue weighted by Gasteiger charge is 2.38. The van der Waals surface area contributed by atoms with Crippen LogP contribution in [0.2, 0.25) is 0 Å². The summed E-state index contributed by atoms with van der Waals surface area (Å²) in [4.78, 5) is 45.0. The second-order valence-corrected chi connectivity index (χ2v) is 9.50. The Bertz CT molecular complexity index is 1250. The number of nitrogens with two attached hydrogens (primary N) is 1. The minimum atomic E-state index is -1.14. The zero-order chi connectivity index (χ0) is 26.3. The van der Waals surface area contributed by atoms with E-state index in [2.05, 4.69) is 4.98 Å². The van der Waals surface area contributed by atoms with Gasteiger partial charge in [0.15, 0.2) is 0 Å². The first kappa shape index (κ1) is 26.9. The number of unbranched alkanes of at least 4 members (excludes halogenated alkanes) is 1. The maximum atomic E-state index is 13.4. The fraction of sp³-hybridized carbons (Fsp3) is 0.407. The fourth-order valence-electron chi connectivity index (χ4n) is 3.71. The van der Waals surface area contributed by atoms with E-state index in [1.54, 1.807) is 58.0 Å². The molecule has 0 fully saturated rings. The Morgan fingerprint density at radius 3 is 2.47 bits per heavy atom. The molecular weight excluding hydrogens is 462 g/mol. The molecule has 3 rings (SSSR count). The van der Waals surface area contributed by atoms with Crippen LogP contribution in [0, 0.1) is 6.92 Å². The Balaban J connectivity index is 2.07. The van der Waals surface area contributed by atoms with E-state index < -0.39 is 29.3 Å². The number of carbonyl (C=O) groups excluding carboxylic acids is 2. The van der Waals surface area contributed by atoms with Gasteiger partial charge in [-0.1, -0.05) is 42.5 Å². The number of fused-ring (bicyclic) bond motifs is 1. The molecule has 0 saturated heterocycles. The first-order valence-corrected chi connectivity index (χ1v) is 11.9. The second-order valence-electron chi connectivity index (χ2n) is 9.50. The first-order chi connectivity index (χ1) is 17.1. The van der Waals surface area contributed by atoms with E-state index in [0.29, 0.717) is 35.9 Å². The Morgan fingerprint density at radius 2 is 1.81 bits per heavy atom. The van der Waals surface area contributed by atoms with E-state index >= 15 is 0 Å². The second kappa shape index (κ2) is 11.8. The normalized spacial score (nSPS) is 12.2. The number of amides is 1. The summed E-state index contributed by atoms with van der Waals surface area (Å²) < 4.78 is 16.7. The van der Waals surface area contributed by atoms with Crippen LogP contribution in [0.4, 0.5) is 10.8 Å². The number of hydrogen-bond acceptors (Lipinski definition) is 8. The summed E-state index contributed by atoms with van der Waals surface area (Å²) in [6.07, 6.45) is 0.481. The predicted molar refractivity (Wildman–Crippen MR) is 137 cm³/mol. The Labute approximate surface area is 210 Å². The first-order valence-electron chi connectivity index (χ1n) is 11.9. The SMILES string of the molecule is Cc1cccc2nc(N(C(=O)OCc3ccccc3)[C@@H](CCCCN)C(=O)OC(C)(C)C)oc(=O)c12. The van der Waals surface area contributed by atoms with Crippen molar-refractivity contribution in [3.05, 3.63) is 70.1 Å². The van der Waals surface area contributed by atoms with Gasteiger partial charge in [-0.05, 0) is 70.7 Å². The monoisotopic (exact) mass is 495 g/mol. The highest BCUT2D eigenvalue weighted by molar-refractivity contribution is 5.94. The molecule has 1 amide bonds. The average molecular weight is 496 g/mol. The molecule has 0 aliphatic carbocycles. The Morgan fingerprint density at radius 1 is 1.08 bits per heavy atom. The van der Waals surface area contributed by atoms with E-state index in [4.69, 9.17) is 19.6 Å². The van der Waals surface area contributed by atoms with Gasteiger partial charge in [-0.15, -0.1) is 0 Å². The van der Waals surface area contributed by atoms with Crippen LogP contribution >= 0.6 is 0 Å². The van der Waals surface area contributed by atoms with Crippen molar-refractivity contribution < 1.29 is 23.5 Å². The molecule has 0 spiro atoms. The number of esters is 1. The lowest BCUT2D eigenvalue weighted by Gasteiger charge is -2.30. The molecule has 0 radical (unpaired) electrons. The van der Waals surface area contributed by atoms with Gasteiger partial charge in [-0.25, -0.2) is 19.3 Å². The minimum absolute atomic E-state index is 0.0447. The number of aromatic nitrogens is 1. The summed E-state index contributed by atoms with van der Waals surface area (Å²) >= 11 is 0. The minimum Gasteiger partial charge on any atom is -0.458 e. The fourth-order valence-corrected chi connectivity index (χ4v) is 3.71. The van der Waals surface area contributed by atoms with E-state index in [-0.39, 0.29) is 19.0 Å². The summed E-state index contributed by atoms with van der Waals surface area (Å²) in [5, 5.41) is 0.302. The van der Waals surface area contributed by atoms with Crippen LogP contribution in [0.15, 0.2) is 57.7 Å². The van der Waals surface area contributed by atoms with Gasteiger partial charge in [0, 0.05) is 0 Å². The van der Waals surface area contributed by atoms with Gasteiger partial charge < -0.3 is 19.6 Å². The van der Waals surface area contributed by atoms with E-state index in [0.717, 1.165) is 10.5 Å². The zero-order valence-corrected chi connectivity index (χ0v) is 21.2. The van der Waals surface area contributed by atoms with Crippen molar-refractivity contribution in [2.24, 2.45) is 5.73 Å². The molecule has 9 heteroatoms. The lowest BCUT2D eigenvalue weighted by molar-refractivity contribution is -0.156. The third-order valence-corrected chi connectivity index (χ3v) is 5.39. The number of aryl methyl sites for hydroxylation is 1. The quantitative estimate of drug-likeness (QED) is 0.340. The number of nitrogens with zero attached hydrogens (tertiary/aromatic N) is 2. The molecule has 1 heterocycles. The van der Waals surface area contributed by atoms with Crippen molar-refractivity contribution in [1.82, 2.24) is 4.98 Å². The number of carbonyl (C=O) groups is 2. The molecule has 192 valence electrons. The van der Waals surface area contributed by atoms with Gasteiger partial charge in [0.1, 0.15) is 18.2 Å². The van der Waals surface area contributed by atoms with Gasteiger partial charge in [0.05, 0.1) is 10.9 Å². The number of benzene rings is 2. The summed E-state index contributed by atoms with van der Waals surface area (Å²) in [6.45, 7) is 7.34. The standard InChI is InChI=1S/C27H33N3O6/c1-18-11-10-14-20-22(18)24(32)35-25(29-20)30(26(33)34-17-19-12-6-5-7-13-19)21(15-8-9-16-28)23(31)36-27(2,3)4/h5-7,10-14,21H,8-9,15-17,28H2,1-4H3/t21-/m0/s1. The molecule has 3 aromatic rings. The lowest BCUT2D eigenvalue weighted by Crippen LogP contribution is -2.48. The third kappa shape index (κ3) is 6.91. The molecule has 2 aromatic carbocycles. The summed E-state index contributed by atoms with van der Waals surface area (Å²) in [5.74, 6) is -0.662. The maximum Gasteiger partial charge on any atom is 0.419 e. The van der Waals surface area contributed by atoms with Crippen LogP contribution in [0.1, 0.15) is 51.2 Å². The van der Waals surface area contributed by atoms with Crippen LogP contribution < -0.4 is 16.3 Å². The number of ether oxygens (including phenoxy) is 2. The van der Waals surface area contributed by atoms with E-state index in [1.807, 2.05) is 18.2 Å². The number of hydrogen-bond donors (Lipinski definition) is 1. The van der Waals surface area contributed by atoms with Crippen molar-refractivity contribution in [1.29, 1.82) is 0 Å². The van der Waals surface area contributed by atoms with Crippen LogP contribution in [0.3, 0.4) is 0 Å². The van der Waals surface area contributed by atoms with Crippen molar-refractivity contribution in [3.63, 3.8) is 0 Å². The van der Waals surface area contributed by atoms with Gasteiger partial charge in [0.2, 0.25) is 0 Å². The molecule has 2 N–H and O–H groups in total. The predicted octanol–water partition coefficient (Wildman–Crippen LogP) is 4.48. The molecule has 36 heavy (non-hydrogen) atoms. The van der Waals surface area contributed by atoms with Crippen molar-refractivity contribution in [2.45, 2.75) is 65.2 Å². The molecule has 1 atom stereocenters. The van der Waals surface area contributed by atoms with Crippen LogP contribution in [-0.4, -0.2) is 35.2 Å². The van der Waals surface area contributed by atoms with Gasteiger partial charge in [-0.3, -0.25) is 0 Å². The molecule has 0 aliphatic heterocycles. The van der Waals surface area contributed by atoms with Gasteiger partial charge in [-0.2, -0.15) is 4.98 Å².